The van der Waals surface area contributed by atoms with E-state index in [1.165, 1.54) is 116 Å². The van der Waals surface area contributed by atoms with Crippen LogP contribution in [0.5, 0.6) is 0 Å². The number of nitrogens with zero attached hydrogens (tertiary/aromatic N) is 1. The summed E-state index contributed by atoms with van der Waals surface area (Å²) in [4.78, 5) is 3.12. The summed E-state index contributed by atoms with van der Waals surface area (Å²) < 4.78 is 0. The average molecular weight is 430 g/mol. The second kappa shape index (κ2) is 9.68. The van der Waals surface area contributed by atoms with E-state index in [4.69, 9.17) is 0 Å². The van der Waals surface area contributed by atoms with Crippen LogP contribution in [0.4, 0.5) is 0 Å². The molecule has 6 unspecified atom stereocenters. The summed E-state index contributed by atoms with van der Waals surface area (Å²) in [7, 11) is 0. The van der Waals surface area contributed by atoms with E-state index in [9.17, 15) is 0 Å². The van der Waals surface area contributed by atoms with Crippen LogP contribution >= 0.6 is 0 Å². The molecular formula is C30H55N. The maximum Gasteiger partial charge on any atom is 0.0247 e. The highest BCUT2D eigenvalue weighted by atomic mass is 15.3. The molecule has 0 N–H and O–H groups in total. The number of rotatable bonds is 0. The summed E-state index contributed by atoms with van der Waals surface area (Å²) in [5.74, 6) is 2.93. The molecule has 2 aliphatic heterocycles. The second-order valence-electron chi connectivity index (χ2n) is 13.8. The molecule has 0 spiro atoms. The van der Waals surface area contributed by atoms with E-state index in [0.29, 0.717) is 16.4 Å². The van der Waals surface area contributed by atoms with Crippen LogP contribution in [0.2, 0.25) is 0 Å². The van der Waals surface area contributed by atoms with Gasteiger partial charge >= 0.3 is 0 Å². The molecule has 4 rings (SSSR count). The van der Waals surface area contributed by atoms with E-state index < -0.39 is 0 Å². The molecule has 4 fully saturated rings. The summed E-state index contributed by atoms with van der Waals surface area (Å²) in [6.07, 6.45) is 25.1. The normalized spacial score (nSPS) is 45.6. The van der Waals surface area contributed by atoms with Crippen molar-refractivity contribution in [2.45, 2.75) is 155 Å². The maximum atomic E-state index is 3.12. The van der Waals surface area contributed by atoms with E-state index in [2.05, 4.69) is 39.5 Å². The molecular weight excluding hydrogens is 374 g/mol. The van der Waals surface area contributed by atoms with Crippen LogP contribution in [0.3, 0.4) is 0 Å². The molecule has 180 valence electrons. The van der Waals surface area contributed by atoms with Crippen LogP contribution in [0.25, 0.3) is 0 Å². The van der Waals surface area contributed by atoms with Crippen LogP contribution in [0.1, 0.15) is 144 Å². The van der Waals surface area contributed by atoms with Crippen molar-refractivity contribution in [1.29, 1.82) is 0 Å². The molecule has 2 aliphatic carbocycles. The second-order valence-corrected chi connectivity index (χ2v) is 13.8. The third-order valence-electron chi connectivity index (χ3n) is 11.0. The predicted molar refractivity (Wildman–Crippen MR) is 135 cm³/mol. The molecule has 0 radical (unpaired) electrons. The van der Waals surface area contributed by atoms with Crippen molar-refractivity contribution in [2.24, 2.45) is 28.6 Å². The Balaban J connectivity index is 1.55. The third-order valence-corrected chi connectivity index (χ3v) is 11.0. The quantitative estimate of drug-likeness (QED) is 0.371. The van der Waals surface area contributed by atoms with Gasteiger partial charge in [0.1, 0.15) is 0 Å². The topological polar surface area (TPSA) is 3.24 Å². The fourth-order valence-corrected chi connectivity index (χ4v) is 8.71. The van der Waals surface area contributed by atoms with Crippen molar-refractivity contribution in [1.82, 2.24) is 4.90 Å². The van der Waals surface area contributed by atoms with Gasteiger partial charge in [-0.1, -0.05) is 91.9 Å². The van der Waals surface area contributed by atoms with Crippen molar-refractivity contribution >= 4 is 0 Å². The minimum Gasteiger partial charge on any atom is -0.294 e. The minimum atomic E-state index is 0.510. The van der Waals surface area contributed by atoms with E-state index >= 15 is 0 Å². The number of piperidine rings is 1. The average Bonchev–Trinajstić information content (AvgIpc) is 3.28. The van der Waals surface area contributed by atoms with Gasteiger partial charge in [0.15, 0.2) is 0 Å². The summed E-state index contributed by atoms with van der Waals surface area (Å²) in [5, 5.41) is 0. The van der Waals surface area contributed by atoms with E-state index in [-0.39, 0.29) is 0 Å². The Hall–Kier alpha value is -0.0400. The predicted octanol–water partition coefficient (Wildman–Crippen LogP) is 9.00. The summed E-state index contributed by atoms with van der Waals surface area (Å²) in [6.45, 7) is 14.4. The van der Waals surface area contributed by atoms with E-state index in [1.807, 2.05) is 0 Å². The lowest BCUT2D eigenvalue weighted by atomic mass is 9.65. The summed E-state index contributed by atoms with van der Waals surface area (Å²) in [5.41, 5.74) is 1.68. The van der Waals surface area contributed by atoms with Crippen molar-refractivity contribution < 1.29 is 0 Å². The number of hydrogen-bond acceptors (Lipinski definition) is 1. The van der Waals surface area contributed by atoms with Gasteiger partial charge in [0, 0.05) is 11.6 Å². The molecule has 0 aromatic rings. The van der Waals surface area contributed by atoms with Crippen molar-refractivity contribution in [3.8, 4) is 0 Å². The SMILES string of the molecule is CC1CCCCCC2C3CCCC(C)(C)CCCCN3C3(C)CC3(C)C2CCCCC1. The highest BCUT2D eigenvalue weighted by Gasteiger charge is 2.72. The molecule has 0 aromatic heterocycles. The molecule has 2 heterocycles. The van der Waals surface area contributed by atoms with Crippen LogP contribution in [0, 0.1) is 28.6 Å². The Morgan fingerprint density at radius 1 is 0.645 bits per heavy atom. The highest BCUT2D eigenvalue weighted by molar-refractivity contribution is 5.25. The van der Waals surface area contributed by atoms with Crippen LogP contribution in [-0.2, 0) is 0 Å². The van der Waals surface area contributed by atoms with Gasteiger partial charge < -0.3 is 0 Å². The lowest BCUT2D eigenvalue weighted by Gasteiger charge is -2.53. The van der Waals surface area contributed by atoms with Gasteiger partial charge in [-0.25, -0.2) is 0 Å². The molecule has 4 aliphatic rings. The molecule has 6 atom stereocenters. The monoisotopic (exact) mass is 429 g/mol. The first-order chi connectivity index (χ1) is 14.8. The molecule has 31 heavy (non-hydrogen) atoms. The standard InChI is InChI=1S/C30H55N/c1-24-15-8-6-10-17-25-26(18-11-7-9-16-24)29(4)23-30(29,5)31-22-13-12-20-28(2,3)21-14-19-27(25)31/h24-27H,6-23H2,1-5H3. The molecule has 2 saturated heterocycles. The van der Waals surface area contributed by atoms with Gasteiger partial charge in [0.2, 0.25) is 0 Å². The first-order valence-electron chi connectivity index (χ1n) is 14.5. The summed E-state index contributed by atoms with van der Waals surface area (Å²) in [6, 6.07) is 0.878. The maximum absolute atomic E-state index is 3.12. The zero-order valence-electron chi connectivity index (χ0n) is 22.0. The number of fused-ring (bicyclic) bond motifs is 6. The molecule has 0 aromatic carbocycles. The van der Waals surface area contributed by atoms with Crippen LogP contribution < -0.4 is 0 Å². The van der Waals surface area contributed by atoms with Gasteiger partial charge in [0.25, 0.3) is 0 Å². The third kappa shape index (κ3) is 5.07. The lowest BCUT2D eigenvalue weighted by Crippen LogP contribution is -2.58. The zero-order chi connectivity index (χ0) is 22.1. The van der Waals surface area contributed by atoms with Gasteiger partial charge in [-0.15, -0.1) is 0 Å². The lowest BCUT2D eigenvalue weighted by molar-refractivity contribution is -0.0482. The Kier molecular flexibility index (Phi) is 7.52. The smallest absolute Gasteiger partial charge is 0.0247 e. The first kappa shape index (κ1) is 24.1. The molecule has 1 heteroatoms. The van der Waals surface area contributed by atoms with Gasteiger partial charge in [-0.3, -0.25) is 4.90 Å². The first-order valence-corrected chi connectivity index (χ1v) is 14.5. The Morgan fingerprint density at radius 2 is 1.29 bits per heavy atom. The van der Waals surface area contributed by atoms with Crippen molar-refractivity contribution in [2.75, 3.05) is 6.54 Å². The van der Waals surface area contributed by atoms with E-state index in [0.717, 1.165) is 23.8 Å². The molecule has 2 saturated carbocycles. The van der Waals surface area contributed by atoms with Crippen LogP contribution in [-0.4, -0.2) is 23.0 Å². The Bertz CT molecular complexity index is 581. The van der Waals surface area contributed by atoms with Crippen molar-refractivity contribution in [3.05, 3.63) is 0 Å². The van der Waals surface area contributed by atoms with E-state index in [1.54, 1.807) is 0 Å². The van der Waals surface area contributed by atoms with Gasteiger partial charge in [-0.2, -0.15) is 0 Å². The van der Waals surface area contributed by atoms with Gasteiger partial charge in [-0.05, 0) is 87.0 Å². The Labute approximate surface area is 195 Å². The fraction of sp³-hybridized carbons (Fsp3) is 1.00. The number of hydrogen-bond donors (Lipinski definition) is 0. The minimum absolute atomic E-state index is 0.510. The molecule has 0 bridgehead atoms. The highest BCUT2D eigenvalue weighted by Crippen LogP contribution is 2.71. The Morgan fingerprint density at radius 3 is 2.03 bits per heavy atom. The largest absolute Gasteiger partial charge is 0.294 e. The summed E-state index contributed by atoms with van der Waals surface area (Å²) >= 11 is 0. The van der Waals surface area contributed by atoms with Gasteiger partial charge in [0.05, 0.1) is 0 Å². The van der Waals surface area contributed by atoms with Crippen LogP contribution in [0.15, 0.2) is 0 Å². The fourth-order valence-electron chi connectivity index (χ4n) is 8.71. The molecule has 0 amide bonds. The zero-order valence-corrected chi connectivity index (χ0v) is 22.0. The van der Waals surface area contributed by atoms with Crippen molar-refractivity contribution in [3.63, 3.8) is 0 Å². The molecule has 1 nitrogen and oxygen atoms in total.